The maximum Gasteiger partial charge on any atom is 0.315 e. The predicted molar refractivity (Wildman–Crippen MR) is 132 cm³/mol. The first-order valence-electron chi connectivity index (χ1n) is 14.7. The number of piperidine rings is 2. The van der Waals surface area contributed by atoms with Crippen LogP contribution >= 0.6 is 0 Å². The van der Waals surface area contributed by atoms with Crippen molar-refractivity contribution >= 4 is 5.97 Å². The maximum absolute atomic E-state index is 13.1. The molecule has 34 heavy (non-hydrogen) atoms. The van der Waals surface area contributed by atoms with Crippen LogP contribution in [0.4, 0.5) is 0 Å². The monoisotopic (exact) mass is 469 g/mol. The Morgan fingerprint density at radius 1 is 1.06 bits per heavy atom. The van der Waals surface area contributed by atoms with Crippen LogP contribution in [0.25, 0.3) is 0 Å². The molecule has 7 bridgehead atoms. The fraction of sp³-hybridized carbons (Fsp3) is 0.967. The first-order valence-corrected chi connectivity index (χ1v) is 14.7. The van der Waals surface area contributed by atoms with E-state index in [0.29, 0.717) is 22.8 Å². The number of aliphatic hydroxyl groups excluding tert-OH is 1. The van der Waals surface area contributed by atoms with Crippen LogP contribution in [-0.4, -0.2) is 45.8 Å². The lowest BCUT2D eigenvalue weighted by molar-refractivity contribution is -0.186. The molecule has 190 valence electrons. The van der Waals surface area contributed by atoms with Gasteiger partial charge in [-0.25, -0.2) is 0 Å². The highest BCUT2D eigenvalue weighted by Gasteiger charge is 2.80. The van der Waals surface area contributed by atoms with Crippen LogP contribution in [0.5, 0.6) is 0 Å². The molecule has 0 aromatic rings. The second kappa shape index (κ2) is 6.63. The van der Waals surface area contributed by atoms with E-state index in [-0.39, 0.29) is 11.9 Å². The zero-order valence-corrected chi connectivity index (χ0v) is 22.2. The third-order valence-corrected chi connectivity index (χ3v) is 14.1. The van der Waals surface area contributed by atoms with Crippen LogP contribution in [0.1, 0.15) is 105 Å². The Morgan fingerprint density at radius 3 is 2.62 bits per heavy atom. The van der Waals surface area contributed by atoms with E-state index in [2.05, 4.69) is 32.6 Å². The second-order valence-electron chi connectivity index (χ2n) is 14.9. The fourth-order valence-corrected chi connectivity index (χ4v) is 12.5. The zero-order valence-electron chi connectivity index (χ0n) is 22.2. The molecule has 4 heteroatoms. The summed E-state index contributed by atoms with van der Waals surface area (Å²) in [5.41, 5.74) is 0.131. The molecule has 7 fully saturated rings. The standard InChI is InChI=1S/C30H47NO3/c1-18(2)20-9-13-26(3)19-8-15-29-12-6-7-22(29)30(26,24(20)31(29)17-19)16-10-21-27(4)14-11-23(32)28(21,5)25(33)34-27/h18-24,32H,6-17H2,1-5H3/t19-,20-,21+,22-,23+,24+,26-,27+,28+,29-,30+/m1/s1. The summed E-state index contributed by atoms with van der Waals surface area (Å²) in [6.07, 6.45) is 13.1. The van der Waals surface area contributed by atoms with Crippen molar-refractivity contribution in [3.05, 3.63) is 0 Å². The Kier molecular flexibility index (Phi) is 4.40. The Balaban J connectivity index is 1.34. The summed E-state index contributed by atoms with van der Waals surface area (Å²) in [5.74, 6) is 3.20. The molecule has 4 nitrogen and oxygen atoms in total. The molecule has 0 radical (unpaired) electrons. The highest BCUT2D eigenvalue weighted by molar-refractivity contribution is 5.81. The van der Waals surface area contributed by atoms with Crippen molar-refractivity contribution < 1.29 is 14.6 Å². The minimum atomic E-state index is -0.726. The number of fused-ring (bicyclic) bond motifs is 4. The molecule has 1 N–H and O–H groups in total. The van der Waals surface area contributed by atoms with Gasteiger partial charge in [-0.2, -0.15) is 0 Å². The highest BCUT2D eigenvalue weighted by atomic mass is 16.6. The van der Waals surface area contributed by atoms with Gasteiger partial charge in [0.05, 0.1) is 11.5 Å². The lowest BCUT2D eigenvalue weighted by atomic mass is 9.41. The first kappa shape index (κ1) is 22.6. The average molecular weight is 470 g/mol. The smallest absolute Gasteiger partial charge is 0.315 e. The van der Waals surface area contributed by atoms with Gasteiger partial charge in [0.15, 0.2) is 0 Å². The summed E-state index contributed by atoms with van der Waals surface area (Å²) in [6, 6.07) is 0.719. The summed E-state index contributed by atoms with van der Waals surface area (Å²) < 4.78 is 6.08. The molecule has 0 amide bonds. The van der Waals surface area contributed by atoms with Gasteiger partial charge in [0.2, 0.25) is 0 Å². The van der Waals surface area contributed by atoms with E-state index in [4.69, 9.17) is 4.74 Å². The number of ether oxygens (including phenoxy) is 1. The summed E-state index contributed by atoms with van der Waals surface area (Å²) >= 11 is 0. The minimum absolute atomic E-state index is 0.136. The second-order valence-corrected chi connectivity index (χ2v) is 14.9. The molecule has 0 aromatic carbocycles. The molecule has 3 aliphatic carbocycles. The van der Waals surface area contributed by atoms with Crippen LogP contribution in [0, 0.1) is 45.8 Å². The number of rotatable bonds is 4. The van der Waals surface area contributed by atoms with E-state index in [9.17, 15) is 9.90 Å². The highest BCUT2D eigenvalue weighted by Crippen LogP contribution is 2.79. The normalized spacial score (nSPS) is 61.1. The van der Waals surface area contributed by atoms with Crippen molar-refractivity contribution in [1.82, 2.24) is 4.90 Å². The van der Waals surface area contributed by atoms with E-state index in [0.717, 1.165) is 42.6 Å². The Hall–Kier alpha value is -0.610. The van der Waals surface area contributed by atoms with Crippen LogP contribution in [0.15, 0.2) is 0 Å². The SMILES string of the molecule is CC(C)[C@H]1CC[C@]2(C)[C@@H]3CC[C@]45CCC[C@H]4[C@@]2(CC[C@@H]2[C@]4(C)C(=O)O[C@@]2(C)CC[C@@H]4O)[C@H]1N5C3. The minimum Gasteiger partial charge on any atom is -0.459 e. The van der Waals surface area contributed by atoms with Crippen LogP contribution in [0.2, 0.25) is 0 Å². The molecule has 4 aliphatic heterocycles. The van der Waals surface area contributed by atoms with Gasteiger partial charge in [-0.15, -0.1) is 0 Å². The molecule has 7 rings (SSSR count). The van der Waals surface area contributed by atoms with Crippen LogP contribution in [0.3, 0.4) is 0 Å². The number of hydrogen-bond acceptors (Lipinski definition) is 4. The summed E-state index contributed by atoms with van der Waals surface area (Å²) in [4.78, 5) is 16.2. The largest absolute Gasteiger partial charge is 0.459 e. The van der Waals surface area contributed by atoms with Crippen molar-refractivity contribution in [2.45, 2.75) is 129 Å². The summed E-state index contributed by atoms with van der Waals surface area (Å²) in [5, 5.41) is 11.0. The van der Waals surface area contributed by atoms with Gasteiger partial charge in [-0.3, -0.25) is 9.69 Å². The number of esters is 1. The van der Waals surface area contributed by atoms with Crippen molar-refractivity contribution in [3.63, 3.8) is 0 Å². The van der Waals surface area contributed by atoms with Gasteiger partial charge >= 0.3 is 5.97 Å². The number of aliphatic hydroxyl groups is 1. The van der Waals surface area contributed by atoms with Crippen molar-refractivity contribution in [2.24, 2.45) is 45.8 Å². The molecule has 4 saturated heterocycles. The van der Waals surface area contributed by atoms with E-state index < -0.39 is 17.1 Å². The maximum atomic E-state index is 13.1. The predicted octanol–water partition coefficient (Wildman–Crippen LogP) is 5.56. The number of carbonyl (C=O) groups excluding carboxylic acids is 1. The van der Waals surface area contributed by atoms with Gasteiger partial charge in [0.1, 0.15) is 5.60 Å². The topological polar surface area (TPSA) is 49.8 Å². The first-order chi connectivity index (χ1) is 16.0. The molecule has 7 aliphatic rings. The molecule has 4 heterocycles. The quantitative estimate of drug-likeness (QED) is 0.547. The van der Waals surface area contributed by atoms with Gasteiger partial charge in [0.25, 0.3) is 0 Å². The Bertz CT molecular complexity index is 919. The third-order valence-electron chi connectivity index (χ3n) is 14.1. The average Bonchev–Trinajstić information content (AvgIpc) is 3.31. The lowest BCUT2D eigenvalue weighted by Crippen LogP contribution is -2.68. The van der Waals surface area contributed by atoms with Gasteiger partial charge < -0.3 is 9.84 Å². The van der Waals surface area contributed by atoms with Crippen LogP contribution in [-0.2, 0) is 9.53 Å². The van der Waals surface area contributed by atoms with E-state index >= 15 is 0 Å². The summed E-state index contributed by atoms with van der Waals surface area (Å²) in [7, 11) is 0. The molecule has 1 spiro atoms. The number of hydrogen-bond donors (Lipinski definition) is 1. The van der Waals surface area contributed by atoms with Crippen molar-refractivity contribution in [2.75, 3.05) is 6.54 Å². The number of nitrogens with zero attached hydrogens (tertiary/aromatic N) is 1. The van der Waals surface area contributed by atoms with Crippen LogP contribution < -0.4 is 0 Å². The van der Waals surface area contributed by atoms with Gasteiger partial charge in [-0.1, -0.05) is 27.2 Å². The molecular weight excluding hydrogens is 422 g/mol. The van der Waals surface area contributed by atoms with Gasteiger partial charge in [0, 0.05) is 24.0 Å². The summed E-state index contributed by atoms with van der Waals surface area (Å²) in [6.45, 7) is 13.2. The van der Waals surface area contributed by atoms with Crippen molar-refractivity contribution in [1.29, 1.82) is 0 Å². The lowest BCUT2D eigenvalue weighted by Gasteiger charge is -2.67. The van der Waals surface area contributed by atoms with E-state index in [1.807, 2.05) is 6.92 Å². The Labute approximate surface area is 206 Å². The molecular formula is C30H47NO3. The van der Waals surface area contributed by atoms with E-state index in [1.165, 1.54) is 57.9 Å². The van der Waals surface area contributed by atoms with Gasteiger partial charge in [-0.05, 0) is 113 Å². The zero-order chi connectivity index (χ0) is 23.9. The molecule has 0 aromatic heterocycles. The third kappa shape index (κ3) is 2.22. The number of carbonyl (C=O) groups is 1. The molecule has 12 atom stereocenters. The molecule has 1 unspecified atom stereocenters. The molecule has 3 saturated carbocycles. The van der Waals surface area contributed by atoms with Crippen molar-refractivity contribution in [3.8, 4) is 0 Å². The van der Waals surface area contributed by atoms with E-state index in [1.54, 1.807) is 0 Å². The fourth-order valence-electron chi connectivity index (χ4n) is 12.5. The Morgan fingerprint density at radius 2 is 1.85 bits per heavy atom.